The van der Waals surface area contributed by atoms with Crippen LogP contribution in [0.1, 0.15) is 36.6 Å². The van der Waals surface area contributed by atoms with Crippen LogP contribution in [0.4, 0.5) is 4.79 Å². The highest BCUT2D eigenvalue weighted by atomic mass is 32.1. The quantitative estimate of drug-likeness (QED) is 0.886. The monoisotopic (exact) mass is 337 g/mol. The Balaban J connectivity index is 1.60. The number of hydrogen-bond donors (Lipinski definition) is 2. The van der Waals surface area contributed by atoms with Crippen LogP contribution < -0.4 is 5.32 Å². The van der Waals surface area contributed by atoms with E-state index in [9.17, 15) is 9.90 Å². The van der Waals surface area contributed by atoms with Crippen molar-refractivity contribution in [1.29, 1.82) is 0 Å². The fourth-order valence-electron chi connectivity index (χ4n) is 4.00. The summed E-state index contributed by atoms with van der Waals surface area (Å²) in [6.45, 7) is 2.65. The molecule has 0 aliphatic carbocycles. The summed E-state index contributed by atoms with van der Waals surface area (Å²) >= 11 is 1.80. The number of aliphatic hydroxyl groups excluding tert-OH is 1. The van der Waals surface area contributed by atoms with Gasteiger partial charge in [-0.25, -0.2) is 4.79 Å². The van der Waals surface area contributed by atoms with Crippen LogP contribution in [0.5, 0.6) is 0 Å². The fraction of sp³-hybridized carbons (Fsp3) is 0.706. The van der Waals surface area contributed by atoms with Gasteiger partial charge in [-0.15, -0.1) is 11.3 Å². The van der Waals surface area contributed by atoms with Crippen LogP contribution >= 0.6 is 11.3 Å². The lowest BCUT2D eigenvalue weighted by atomic mass is 9.88. The zero-order valence-electron chi connectivity index (χ0n) is 13.8. The molecule has 2 aliphatic rings. The van der Waals surface area contributed by atoms with E-state index < -0.39 is 0 Å². The van der Waals surface area contributed by atoms with Crippen molar-refractivity contribution in [3.05, 3.63) is 22.4 Å². The molecular weight excluding hydrogens is 310 g/mol. The number of carbonyl (C=O) groups excluding carboxylic acids is 1. The van der Waals surface area contributed by atoms with Gasteiger partial charge in [0.05, 0.1) is 12.6 Å². The average molecular weight is 337 g/mol. The second-order valence-electron chi connectivity index (χ2n) is 6.70. The number of carbonyl (C=O) groups is 1. The Hall–Kier alpha value is -1.11. The average Bonchev–Trinajstić information content (AvgIpc) is 3.23. The van der Waals surface area contributed by atoms with Crippen LogP contribution in [0.3, 0.4) is 0 Å². The summed E-state index contributed by atoms with van der Waals surface area (Å²) in [6, 6.07) is 4.69. The number of amides is 2. The lowest BCUT2D eigenvalue weighted by molar-refractivity contribution is 0.118. The SMILES string of the molecule is CN1CCCC(CNC(=O)N2CCC[C@H]2CO)C1c1cccs1. The molecule has 0 saturated carbocycles. The van der Waals surface area contributed by atoms with Gasteiger partial charge in [0.25, 0.3) is 0 Å². The molecule has 0 bridgehead atoms. The number of nitrogens with one attached hydrogen (secondary N) is 1. The van der Waals surface area contributed by atoms with Gasteiger partial charge >= 0.3 is 6.03 Å². The van der Waals surface area contributed by atoms with Gasteiger partial charge in [0, 0.05) is 24.0 Å². The first-order chi connectivity index (χ1) is 11.2. The number of aliphatic hydroxyl groups is 1. The topological polar surface area (TPSA) is 55.8 Å². The van der Waals surface area contributed by atoms with E-state index >= 15 is 0 Å². The minimum Gasteiger partial charge on any atom is -0.394 e. The highest BCUT2D eigenvalue weighted by molar-refractivity contribution is 7.10. The number of piperidine rings is 1. The van der Waals surface area contributed by atoms with E-state index in [1.165, 1.54) is 11.3 Å². The van der Waals surface area contributed by atoms with E-state index in [-0.39, 0.29) is 18.7 Å². The van der Waals surface area contributed by atoms with Gasteiger partial charge in [0.2, 0.25) is 0 Å². The summed E-state index contributed by atoms with van der Waals surface area (Å²) in [7, 11) is 2.18. The van der Waals surface area contributed by atoms with Crippen molar-refractivity contribution in [1.82, 2.24) is 15.1 Å². The lowest BCUT2D eigenvalue weighted by Crippen LogP contribution is -2.47. The van der Waals surface area contributed by atoms with Crippen molar-refractivity contribution in [2.45, 2.75) is 37.8 Å². The Morgan fingerprint density at radius 3 is 2.96 bits per heavy atom. The van der Waals surface area contributed by atoms with Crippen LogP contribution in [-0.4, -0.2) is 60.3 Å². The third-order valence-corrected chi connectivity index (χ3v) is 6.15. The summed E-state index contributed by atoms with van der Waals surface area (Å²) in [4.78, 5) is 18.0. The maximum atomic E-state index is 12.4. The van der Waals surface area contributed by atoms with E-state index in [2.05, 4.69) is 34.8 Å². The van der Waals surface area contributed by atoms with E-state index in [0.29, 0.717) is 18.5 Å². The second-order valence-corrected chi connectivity index (χ2v) is 7.68. The number of hydrogen-bond acceptors (Lipinski definition) is 4. The maximum absolute atomic E-state index is 12.4. The molecule has 2 saturated heterocycles. The van der Waals surface area contributed by atoms with Gasteiger partial charge < -0.3 is 15.3 Å². The smallest absolute Gasteiger partial charge is 0.317 e. The van der Waals surface area contributed by atoms with Gasteiger partial charge in [-0.3, -0.25) is 4.90 Å². The number of thiophene rings is 1. The van der Waals surface area contributed by atoms with Crippen molar-refractivity contribution in [2.24, 2.45) is 5.92 Å². The molecule has 2 unspecified atom stereocenters. The standard InChI is InChI=1S/C17H27N3O2S/c1-19-8-2-5-13(16(19)15-7-4-10-23-15)11-18-17(22)20-9-3-6-14(20)12-21/h4,7,10,13-14,16,21H,2-3,5-6,8-9,11-12H2,1H3,(H,18,22)/t13?,14-,16?/m0/s1. The molecule has 128 valence electrons. The first kappa shape index (κ1) is 16.7. The first-order valence-corrected chi connectivity index (χ1v) is 9.47. The molecule has 1 aromatic rings. The highest BCUT2D eigenvalue weighted by Crippen LogP contribution is 2.36. The fourth-order valence-corrected chi connectivity index (χ4v) is 4.98. The lowest BCUT2D eigenvalue weighted by Gasteiger charge is -2.39. The molecule has 2 aliphatic heterocycles. The number of rotatable bonds is 4. The van der Waals surface area contributed by atoms with Crippen molar-refractivity contribution in [2.75, 3.05) is 33.3 Å². The molecule has 2 fully saturated rings. The van der Waals surface area contributed by atoms with Crippen LogP contribution in [0, 0.1) is 5.92 Å². The molecule has 0 aromatic carbocycles. The van der Waals surface area contributed by atoms with E-state index in [1.807, 2.05) is 0 Å². The zero-order chi connectivity index (χ0) is 16.2. The van der Waals surface area contributed by atoms with E-state index in [0.717, 1.165) is 32.4 Å². The zero-order valence-corrected chi connectivity index (χ0v) is 14.6. The van der Waals surface area contributed by atoms with Gasteiger partial charge in [0.1, 0.15) is 0 Å². The van der Waals surface area contributed by atoms with E-state index in [4.69, 9.17) is 0 Å². The van der Waals surface area contributed by atoms with Crippen molar-refractivity contribution >= 4 is 17.4 Å². The minimum atomic E-state index is -0.0142. The van der Waals surface area contributed by atoms with Crippen molar-refractivity contribution < 1.29 is 9.90 Å². The molecular formula is C17H27N3O2S. The largest absolute Gasteiger partial charge is 0.394 e. The molecule has 6 heteroatoms. The predicted octanol–water partition coefficient (Wildman–Crippen LogP) is 2.30. The molecule has 3 atom stereocenters. The van der Waals surface area contributed by atoms with Crippen LogP contribution in [0.25, 0.3) is 0 Å². The van der Waals surface area contributed by atoms with E-state index in [1.54, 1.807) is 16.2 Å². The Morgan fingerprint density at radius 1 is 1.39 bits per heavy atom. The summed E-state index contributed by atoms with van der Waals surface area (Å²) in [5.41, 5.74) is 0. The predicted molar refractivity (Wildman–Crippen MR) is 92.6 cm³/mol. The summed E-state index contributed by atoms with van der Waals surface area (Å²) < 4.78 is 0. The van der Waals surface area contributed by atoms with Crippen molar-refractivity contribution in [3.8, 4) is 0 Å². The summed E-state index contributed by atoms with van der Waals surface area (Å²) in [5.74, 6) is 0.450. The van der Waals surface area contributed by atoms with Crippen LogP contribution in [0.2, 0.25) is 0 Å². The molecule has 3 heterocycles. The third kappa shape index (κ3) is 3.70. The van der Waals surface area contributed by atoms with Crippen LogP contribution in [-0.2, 0) is 0 Å². The number of likely N-dealkylation sites (tertiary alicyclic amines) is 2. The first-order valence-electron chi connectivity index (χ1n) is 8.59. The normalized spacial score (nSPS) is 29.0. The molecule has 2 amide bonds. The third-order valence-electron chi connectivity index (χ3n) is 5.21. The molecule has 2 N–H and O–H groups in total. The van der Waals surface area contributed by atoms with Crippen molar-refractivity contribution in [3.63, 3.8) is 0 Å². The molecule has 5 nitrogen and oxygen atoms in total. The minimum absolute atomic E-state index is 0.00266. The Bertz CT molecular complexity index is 508. The molecule has 3 rings (SSSR count). The Kier molecular flexibility index (Phi) is 5.56. The molecule has 0 radical (unpaired) electrons. The molecule has 1 aromatic heterocycles. The Labute approximate surface area is 142 Å². The molecule has 0 spiro atoms. The Morgan fingerprint density at radius 2 is 2.22 bits per heavy atom. The van der Waals surface area contributed by atoms with Gasteiger partial charge in [-0.05, 0) is 56.6 Å². The number of urea groups is 1. The van der Waals surface area contributed by atoms with Gasteiger partial charge in [0.15, 0.2) is 0 Å². The molecule has 23 heavy (non-hydrogen) atoms. The second kappa shape index (κ2) is 7.64. The van der Waals surface area contributed by atoms with Gasteiger partial charge in [-0.1, -0.05) is 6.07 Å². The van der Waals surface area contributed by atoms with Crippen LogP contribution in [0.15, 0.2) is 17.5 Å². The summed E-state index contributed by atoms with van der Waals surface area (Å²) in [6.07, 6.45) is 4.23. The highest BCUT2D eigenvalue weighted by Gasteiger charge is 2.33. The number of nitrogens with zero attached hydrogens (tertiary/aromatic N) is 2. The maximum Gasteiger partial charge on any atom is 0.317 e. The summed E-state index contributed by atoms with van der Waals surface area (Å²) in [5, 5.41) is 14.6. The van der Waals surface area contributed by atoms with Gasteiger partial charge in [-0.2, -0.15) is 0 Å².